The lowest BCUT2D eigenvalue weighted by atomic mass is 10.1. The Morgan fingerprint density at radius 1 is 1.29 bits per heavy atom. The molecule has 21 heavy (non-hydrogen) atoms. The molecule has 0 atom stereocenters. The highest BCUT2D eigenvalue weighted by Gasteiger charge is 2.11. The molecule has 0 aliphatic carbocycles. The van der Waals surface area contributed by atoms with Crippen molar-refractivity contribution in [1.29, 1.82) is 0 Å². The van der Waals surface area contributed by atoms with Gasteiger partial charge in [0, 0.05) is 35.7 Å². The van der Waals surface area contributed by atoms with Crippen molar-refractivity contribution in [3.05, 3.63) is 47.2 Å². The maximum atomic E-state index is 4.16. The van der Waals surface area contributed by atoms with Gasteiger partial charge in [0.25, 0.3) is 0 Å². The van der Waals surface area contributed by atoms with Gasteiger partial charge in [-0.1, -0.05) is 39.0 Å². The number of allylic oxidation sites excluding steroid dienone is 1. The van der Waals surface area contributed by atoms with E-state index in [1.165, 1.54) is 33.3 Å². The average molecular weight is 284 g/mol. The van der Waals surface area contributed by atoms with Gasteiger partial charge in [-0.25, -0.2) is 0 Å². The minimum atomic E-state index is 0.515. The normalized spacial score (nSPS) is 11.5. The standard InChI is InChI=1S/C19H28N2/c1-7-14(4)12-21-16(6)15(5)18-10-17(8-9-19(18)21)11-20-13(2)3/h8-10,13,20H,4,7,11-12H2,1-3,5-6H3. The van der Waals surface area contributed by atoms with Crippen LogP contribution < -0.4 is 5.32 Å². The Hall–Kier alpha value is -1.54. The summed E-state index contributed by atoms with van der Waals surface area (Å²) in [6.07, 6.45) is 1.04. The van der Waals surface area contributed by atoms with Crippen molar-refractivity contribution in [2.75, 3.05) is 0 Å². The molecule has 2 aromatic rings. The van der Waals surface area contributed by atoms with Crippen LogP contribution in [0.15, 0.2) is 30.4 Å². The van der Waals surface area contributed by atoms with E-state index in [9.17, 15) is 0 Å². The average Bonchev–Trinajstić information content (AvgIpc) is 2.70. The SMILES string of the molecule is C=C(CC)Cn1c(C)c(C)c2cc(CNC(C)C)ccc21. The fourth-order valence-electron chi connectivity index (χ4n) is 2.67. The summed E-state index contributed by atoms with van der Waals surface area (Å²) in [5.41, 5.74) is 6.70. The fraction of sp³-hybridized carbons (Fsp3) is 0.474. The summed E-state index contributed by atoms with van der Waals surface area (Å²) in [5, 5.41) is 4.86. The highest BCUT2D eigenvalue weighted by Crippen LogP contribution is 2.27. The summed E-state index contributed by atoms with van der Waals surface area (Å²) in [6.45, 7) is 17.0. The van der Waals surface area contributed by atoms with Crippen LogP contribution in [0.1, 0.15) is 44.0 Å². The van der Waals surface area contributed by atoms with Crippen molar-refractivity contribution in [2.24, 2.45) is 0 Å². The third kappa shape index (κ3) is 3.38. The second-order valence-electron chi connectivity index (χ2n) is 6.29. The lowest BCUT2D eigenvalue weighted by Gasteiger charge is -2.11. The quantitative estimate of drug-likeness (QED) is 0.759. The molecule has 1 aromatic heterocycles. The van der Waals surface area contributed by atoms with Crippen molar-refractivity contribution in [2.45, 2.75) is 60.2 Å². The number of benzene rings is 1. The lowest BCUT2D eigenvalue weighted by molar-refractivity contribution is 0.589. The highest BCUT2D eigenvalue weighted by molar-refractivity contribution is 5.86. The molecule has 0 unspecified atom stereocenters. The highest BCUT2D eigenvalue weighted by atomic mass is 15.0. The second-order valence-corrected chi connectivity index (χ2v) is 6.29. The van der Waals surface area contributed by atoms with E-state index >= 15 is 0 Å². The summed E-state index contributed by atoms with van der Waals surface area (Å²) >= 11 is 0. The Morgan fingerprint density at radius 3 is 2.62 bits per heavy atom. The molecule has 0 aliphatic rings. The summed E-state index contributed by atoms with van der Waals surface area (Å²) in [5.74, 6) is 0. The Labute approximate surface area is 128 Å². The molecule has 0 saturated heterocycles. The Balaban J connectivity index is 2.40. The van der Waals surface area contributed by atoms with Gasteiger partial charge in [-0.05, 0) is 43.5 Å². The molecule has 2 heteroatoms. The molecule has 2 rings (SSSR count). The zero-order valence-electron chi connectivity index (χ0n) is 14.1. The molecule has 1 aromatic carbocycles. The second kappa shape index (κ2) is 6.48. The molecular weight excluding hydrogens is 256 g/mol. The first-order valence-corrected chi connectivity index (χ1v) is 7.92. The zero-order valence-corrected chi connectivity index (χ0v) is 14.1. The zero-order chi connectivity index (χ0) is 15.6. The summed E-state index contributed by atoms with van der Waals surface area (Å²) < 4.78 is 2.40. The van der Waals surface area contributed by atoms with Gasteiger partial charge < -0.3 is 9.88 Å². The number of aromatic nitrogens is 1. The molecule has 0 saturated carbocycles. The maximum Gasteiger partial charge on any atom is 0.0488 e. The topological polar surface area (TPSA) is 17.0 Å². The van der Waals surface area contributed by atoms with Gasteiger partial charge in [-0.2, -0.15) is 0 Å². The van der Waals surface area contributed by atoms with Crippen LogP contribution in [-0.4, -0.2) is 10.6 Å². The minimum absolute atomic E-state index is 0.515. The van der Waals surface area contributed by atoms with Crippen molar-refractivity contribution < 1.29 is 0 Å². The van der Waals surface area contributed by atoms with Gasteiger partial charge in [-0.15, -0.1) is 0 Å². The maximum absolute atomic E-state index is 4.16. The van der Waals surface area contributed by atoms with Gasteiger partial charge in [0.15, 0.2) is 0 Å². The summed E-state index contributed by atoms with van der Waals surface area (Å²) in [7, 11) is 0. The van der Waals surface area contributed by atoms with Gasteiger partial charge in [-0.3, -0.25) is 0 Å². The molecule has 0 spiro atoms. The number of rotatable bonds is 6. The van der Waals surface area contributed by atoms with Gasteiger partial charge in [0.1, 0.15) is 0 Å². The summed E-state index contributed by atoms with van der Waals surface area (Å²) in [6, 6.07) is 7.34. The van der Waals surface area contributed by atoms with Crippen LogP contribution in [-0.2, 0) is 13.1 Å². The van der Waals surface area contributed by atoms with Crippen LogP contribution in [0, 0.1) is 13.8 Å². The molecule has 114 valence electrons. The number of hydrogen-bond acceptors (Lipinski definition) is 1. The van der Waals surface area contributed by atoms with Crippen molar-refractivity contribution >= 4 is 10.9 Å². The van der Waals surface area contributed by atoms with Crippen molar-refractivity contribution in [3.8, 4) is 0 Å². The third-order valence-electron chi connectivity index (χ3n) is 4.30. The lowest BCUT2D eigenvalue weighted by Crippen LogP contribution is -2.21. The number of fused-ring (bicyclic) bond motifs is 1. The van der Waals surface area contributed by atoms with Crippen LogP contribution in [0.25, 0.3) is 10.9 Å². The number of nitrogens with one attached hydrogen (secondary N) is 1. The Kier molecular flexibility index (Phi) is 4.89. The van der Waals surface area contributed by atoms with E-state index in [2.05, 4.69) is 69.3 Å². The van der Waals surface area contributed by atoms with Crippen LogP contribution in [0.5, 0.6) is 0 Å². The molecule has 0 radical (unpaired) electrons. The molecule has 0 fully saturated rings. The van der Waals surface area contributed by atoms with Crippen LogP contribution in [0.3, 0.4) is 0 Å². The molecule has 0 bridgehead atoms. The van der Waals surface area contributed by atoms with E-state index in [1.807, 2.05) is 0 Å². The molecule has 1 heterocycles. The van der Waals surface area contributed by atoms with Gasteiger partial charge >= 0.3 is 0 Å². The molecule has 0 aliphatic heterocycles. The molecule has 2 nitrogen and oxygen atoms in total. The number of hydrogen-bond donors (Lipinski definition) is 1. The predicted octanol–water partition coefficient (Wildman–Crippen LogP) is 4.72. The van der Waals surface area contributed by atoms with Crippen LogP contribution in [0.4, 0.5) is 0 Å². The molecule has 0 amide bonds. The number of nitrogens with zero attached hydrogens (tertiary/aromatic N) is 1. The molecular formula is C19H28N2. The smallest absolute Gasteiger partial charge is 0.0488 e. The van der Waals surface area contributed by atoms with Crippen molar-refractivity contribution in [3.63, 3.8) is 0 Å². The van der Waals surface area contributed by atoms with E-state index in [4.69, 9.17) is 0 Å². The van der Waals surface area contributed by atoms with Gasteiger partial charge in [0.05, 0.1) is 0 Å². The Bertz CT molecular complexity index is 647. The van der Waals surface area contributed by atoms with E-state index in [0.717, 1.165) is 19.5 Å². The monoisotopic (exact) mass is 284 g/mol. The first-order chi connectivity index (χ1) is 9.93. The predicted molar refractivity (Wildman–Crippen MR) is 92.8 cm³/mol. The Morgan fingerprint density at radius 2 is 2.00 bits per heavy atom. The first kappa shape index (κ1) is 15.8. The summed E-state index contributed by atoms with van der Waals surface area (Å²) in [4.78, 5) is 0. The van der Waals surface area contributed by atoms with E-state index < -0.39 is 0 Å². The number of aryl methyl sites for hydroxylation is 1. The van der Waals surface area contributed by atoms with E-state index in [0.29, 0.717) is 6.04 Å². The van der Waals surface area contributed by atoms with Crippen molar-refractivity contribution in [1.82, 2.24) is 9.88 Å². The fourth-order valence-corrected chi connectivity index (χ4v) is 2.67. The molecule has 1 N–H and O–H groups in total. The minimum Gasteiger partial charge on any atom is -0.341 e. The largest absolute Gasteiger partial charge is 0.341 e. The third-order valence-corrected chi connectivity index (χ3v) is 4.30. The van der Waals surface area contributed by atoms with E-state index in [1.54, 1.807) is 0 Å². The van der Waals surface area contributed by atoms with E-state index in [-0.39, 0.29) is 0 Å². The van der Waals surface area contributed by atoms with Gasteiger partial charge in [0.2, 0.25) is 0 Å². The van der Waals surface area contributed by atoms with Crippen LogP contribution in [0.2, 0.25) is 0 Å². The first-order valence-electron chi connectivity index (χ1n) is 7.92. The van der Waals surface area contributed by atoms with Crippen LogP contribution >= 0.6 is 0 Å².